The first kappa shape index (κ1) is 74.4. The number of hydrogen-bond acceptors (Lipinski definition) is 29. The molecule has 0 aliphatic rings. The van der Waals surface area contributed by atoms with Crippen LogP contribution in [0.2, 0.25) is 0 Å². The summed E-state index contributed by atoms with van der Waals surface area (Å²) in [5.74, 6) is -4.08. The van der Waals surface area contributed by atoms with E-state index in [0.717, 1.165) is 0 Å². The second kappa shape index (κ2) is 35.2. The Balaban J connectivity index is 2.24. The highest BCUT2D eigenvalue weighted by Crippen LogP contribution is 2.44. The topological polar surface area (TPSA) is 540 Å². The normalized spacial score (nSPS) is 17.3. The monoisotopic (exact) mass is 1410 g/mol. The van der Waals surface area contributed by atoms with Crippen molar-refractivity contribution < 1.29 is 131 Å². The summed E-state index contributed by atoms with van der Waals surface area (Å²) in [5, 5.41) is 222. The standard InChI is InChI=1S/C50H71Br3N6O26/c1-3-84-55-25-10-6-23(7-11-25)48(80)54-24-8-4-22(5-9-24)12-59(83)21(2)85-56-39-37(52)34(49(81)57(13-26(64)40(72)44(76)30(68)17-60)14-27(65)41(73)45(77)31(69)18-61)36(51)35(38(39)53)50(82)58(15-28(66)42(74)46(78)32(70)19-62)16-29(67)43(75)47(79)33(71)20-63/h3-11,26-33,40-47,55-56,60-79,83H,1-2,12-20H2,(H,54,80). The van der Waals surface area contributed by atoms with Crippen molar-refractivity contribution in [2.24, 2.45) is 0 Å². The van der Waals surface area contributed by atoms with E-state index in [1.165, 1.54) is 42.7 Å². The van der Waals surface area contributed by atoms with E-state index in [1.54, 1.807) is 12.1 Å². The maximum atomic E-state index is 15.1. The number of rotatable bonds is 37. The van der Waals surface area contributed by atoms with Gasteiger partial charge < -0.3 is 127 Å². The summed E-state index contributed by atoms with van der Waals surface area (Å²) >= 11 is 9.57. The molecule has 3 aromatic rings. The second-order valence-corrected chi connectivity index (χ2v) is 21.3. The first-order chi connectivity index (χ1) is 39.9. The molecule has 0 radical (unpaired) electrons. The second-order valence-electron chi connectivity index (χ2n) is 19.0. The van der Waals surface area contributed by atoms with E-state index in [0.29, 0.717) is 31.8 Å². The lowest BCUT2D eigenvalue weighted by Gasteiger charge is -2.35. The number of anilines is 3. The number of hydroxylamine groups is 2. The van der Waals surface area contributed by atoms with Gasteiger partial charge >= 0.3 is 0 Å². The zero-order chi connectivity index (χ0) is 64.3. The van der Waals surface area contributed by atoms with Crippen molar-refractivity contribution in [3.8, 4) is 0 Å². The first-order valence-electron chi connectivity index (χ1n) is 25.1. The summed E-state index contributed by atoms with van der Waals surface area (Å²) in [6, 6.07) is 12.2. The molecule has 0 aliphatic carbocycles. The predicted molar refractivity (Wildman–Crippen MR) is 303 cm³/mol. The number of carbonyl (C=O) groups excluding carboxylic acids is 3. The van der Waals surface area contributed by atoms with Crippen LogP contribution in [-0.4, -0.2) is 290 Å². The number of carbonyl (C=O) groups is 3. The van der Waals surface area contributed by atoms with Crippen LogP contribution in [0.1, 0.15) is 36.6 Å². The number of aliphatic hydroxyl groups is 20. The van der Waals surface area contributed by atoms with Crippen LogP contribution in [-0.2, 0) is 16.2 Å². The van der Waals surface area contributed by atoms with Gasteiger partial charge in [-0.05, 0) is 96.3 Å². The molecule has 0 heterocycles. The first-order valence-corrected chi connectivity index (χ1v) is 27.5. The maximum Gasteiger partial charge on any atom is 0.256 e. The molecule has 0 bridgehead atoms. The molecule has 0 spiro atoms. The number of amides is 3. The summed E-state index contributed by atoms with van der Waals surface area (Å²) < 4.78 is -1.68. The lowest BCUT2D eigenvalue weighted by Crippen LogP contribution is -2.54. The molecule has 0 aliphatic heterocycles. The Labute approximate surface area is 509 Å². The molecule has 16 atom stereocenters. The Morgan fingerprint density at radius 2 is 0.824 bits per heavy atom. The Morgan fingerprint density at radius 1 is 0.494 bits per heavy atom. The Kier molecular flexibility index (Phi) is 30.8. The van der Waals surface area contributed by atoms with Crippen LogP contribution < -0.4 is 16.3 Å². The fraction of sp³-hybridized carbons (Fsp3) is 0.500. The highest BCUT2D eigenvalue weighted by molar-refractivity contribution is 9.11. The van der Waals surface area contributed by atoms with E-state index in [-0.39, 0.29) is 12.1 Å². The molecule has 0 saturated heterocycles. The average Bonchev–Trinajstić information content (AvgIpc) is 1.27. The Bertz CT molecular complexity index is 2460. The largest absolute Gasteiger partial charge is 0.394 e. The molecule has 24 N–H and O–H groups in total. The fourth-order valence-electron chi connectivity index (χ4n) is 7.63. The number of halogens is 3. The summed E-state index contributed by atoms with van der Waals surface area (Å²) in [7, 11) is 0. The molecule has 32 nitrogen and oxygen atoms in total. The number of nitrogens with zero attached hydrogens (tertiary/aromatic N) is 3. The van der Waals surface area contributed by atoms with Crippen molar-refractivity contribution in [1.82, 2.24) is 14.9 Å². The van der Waals surface area contributed by atoms with Gasteiger partial charge in [0.25, 0.3) is 17.7 Å². The Morgan fingerprint density at radius 3 is 1.15 bits per heavy atom. The van der Waals surface area contributed by atoms with Crippen LogP contribution >= 0.6 is 47.8 Å². The number of hydrogen-bond donors (Lipinski definition) is 24. The highest BCUT2D eigenvalue weighted by atomic mass is 79.9. The van der Waals surface area contributed by atoms with E-state index in [1.807, 2.05) is 0 Å². The fourth-order valence-corrected chi connectivity index (χ4v) is 10.5. The van der Waals surface area contributed by atoms with E-state index >= 15 is 9.59 Å². The number of benzene rings is 3. The highest BCUT2D eigenvalue weighted by Gasteiger charge is 2.41. The van der Waals surface area contributed by atoms with Gasteiger partial charge in [0.05, 0.1) is 58.7 Å². The van der Waals surface area contributed by atoms with Crippen molar-refractivity contribution in [2.45, 2.75) is 104 Å². The maximum absolute atomic E-state index is 15.1. The van der Waals surface area contributed by atoms with Crippen LogP contribution in [0.5, 0.6) is 0 Å². The predicted octanol–water partition coefficient (Wildman–Crippen LogP) is -5.95. The third kappa shape index (κ3) is 20.4. The molecule has 16 unspecified atom stereocenters. The van der Waals surface area contributed by atoms with E-state index in [4.69, 9.17) is 9.68 Å². The molecule has 85 heavy (non-hydrogen) atoms. The van der Waals surface area contributed by atoms with Gasteiger partial charge in [0.15, 0.2) is 0 Å². The van der Waals surface area contributed by atoms with Gasteiger partial charge in [-0.3, -0.25) is 19.6 Å². The van der Waals surface area contributed by atoms with Gasteiger partial charge in [-0.25, -0.2) is 16.0 Å². The van der Waals surface area contributed by atoms with Crippen molar-refractivity contribution in [3.05, 3.63) is 110 Å². The minimum Gasteiger partial charge on any atom is -0.394 e. The van der Waals surface area contributed by atoms with Crippen LogP contribution in [0.15, 0.2) is 87.3 Å². The van der Waals surface area contributed by atoms with Crippen LogP contribution in [0.25, 0.3) is 0 Å². The molecule has 0 fully saturated rings. The molecule has 3 rings (SSSR count). The molecule has 3 aromatic carbocycles. The van der Waals surface area contributed by atoms with Gasteiger partial charge in [0.1, 0.15) is 110 Å². The molecule has 0 aromatic heterocycles. The summed E-state index contributed by atoms with van der Waals surface area (Å²) in [6.07, 6.45) is -35.6. The lowest BCUT2D eigenvalue weighted by molar-refractivity contribution is -0.127. The van der Waals surface area contributed by atoms with Crippen molar-refractivity contribution in [2.75, 3.05) is 68.9 Å². The minimum absolute atomic E-state index is 0.289. The van der Waals surface area contributed by atoms with Crippen molar-refractivity contribution in [1.29, 1.82) is 0 Å². The van der Waals surface area contributed by atoms with Gasteiger partial charge in [-0.15, -0.1) is 0 Å². The molecular formula is C50H71Br3N6O26. The SMILES string of the molecule is C=CONc1ccc(C(=O)Nc2ccc(CN(O)C(=C)ONc3c(Br)c(C(=O)N(CC(O)C(O)C(O)C(O)CO)CC(O)C(O)C(O)C(O)CO)c(Br)c(C(=O)N(CC(O)C(O)C(O)C(O)CO)CC(O)C(O)C(O)C(O)CO)c3Br)cc2)cc1. The summed E-state index contributed by atoms with van der Waals surface area (Å²) in [6.45, 7) is -2.88. The van der Waals surface area contributed by atoms with Crippen LogP contribution in [0.3, 0.4) is 0 Å². The van der Waals surface area contributed by atoms with E-state index < -0.39 is 204 Å². The third-order valence-corrected chi connectivity index (χ3v) is 15.1. The zero-order valence-corrected chi connectivity index (χ0v) is 49.4. The van der Waals surface area contributed by atoms with Gasteiger partial charge in [0.2, 0.25) is 5.88 Å². The van der Waals surface area contributed by atoms with E-state index in [2.05, 4.69) is 77.2 Å². The summed E-state index contributed by atoms with van der Waals surface area (Å²) in [4.78, 5) is 54.5. The number of nitrogens with one attached hydrogen (secondary N) is 3. The smallest absolute Gasteiger partial charge is 0.256 e. The molecule has 478 valence electrons. The van der Waals surface area contributed by atoms with Gasteiger partial charge in [-0.1, -0.05) is 18.7 Å². The average molecular weight is 1410 g/mol. The van der Waals surface area contributed by atoms with Crippen LogP contribution in [0, 0.1) is 0 Å². The molecule has 3 amide bonds. The summed E-state index contributed by atoms with van der Waals surface area (Å²) in [5.41, 5.74) is 4.30. The molecule has 0 saturated carbocycles. The molecule has 35 heteroatoms. The van der Waals surface area contributed by atoms with E-state index in [9.17, 15) is 112 Å². The third-order valence-electron chi connectivity index (χ3n) is 12.8. The van der Waals surface area contributed by atoms with Crippen LogP contribution in [0.4, 0.5) is 17.1 Å². The van der Waals surface area contributed by atoms with Gasteiger partial charge in [0, 0.05) is 41.9 Å². The van der Waals surface area contributed by atoms with Crippen molar-refractivity contribution >= 4 is 82.6 Å². The molecular weight excluding hydrogens is 1340 g/mol. The lowest BCUT2D eigenvalue weighted by atomic mass is 9.99. The zero-order valence-electron chi connectivity index (χ0n) is 44.6. The quantitative estimate of drug-likeness (QED) is 0.0189. The number of aliphatic hydroxyl groups excluding tert-OH is 20. The minimum atomic E-state index is -2.42. The van der Waals surface area contributed by atoms with Gasteiger partial charge in [-0.2, -0.15) is 0 Å². The van der Waals surface area contributed by atoms with Crippen molar-refractivity contribution in [3.63, 3.8) is 0 Å². The Hall–Kier alpha value is -4.85.